The standard InChI is InChI=1S/C25H30N4O3.HI/c1-26-25(28-17-20-15-23(32-29-20)18-9-4-3-5-10-18)27-16-19-11-8-14-22(30-2)24(19)31-21-12-6-7-13-21;/h3-5,8-11,14-15,21H,6-7,12-13,16-17H2,1-2H3,(H2,26,27,28);1H. The number of hydrogen-bond acceptors (Lipinski definition) is 5. The molecule has 1 heterocycles. The highest BCUT2D eigenvalue weighted by Gasteiger charge is 2.20. The lowest BCUT2D eigenvalue weighted by molar-refractivity contribution is 0.198. The zero-order valence-electron chi connectivity index (χ0n) is 19.0. The molecule has 0 unspecified atom stereocenters. The summed E-state index contributed by atoms with van der Waals surface area (Å²) in [6.07, 6.45) is 4.89. The van der Waals surface area contributed by atoms with Crippen LogP contribution in [-0.2, 0) is 13.1 Å². The van der Waals surface area contributed by atoms with Gasteiger partial charge in [-0.05, 0) is 31.7 Å². The molecule has 1 aliphatic carbocycles. The maximum atomic E-state index is 6.32. The SMILES string of the molecule is CN=C(NCc1cc(-c2ccccc2)on1)NCc1cccc(OC)c1OC1CCCC1.I. The number of aliphatic imine (C=N–C) groups is 1. The number of ether oxygens (including phenoxy) is 2. The lowest BCUT2D eigenvalue weighted by atomic mass is 10.1. The second kappa shape index (κ2) is 12.5. The summed E-state index contributed by atoms with van der Waals surface area (Å²) in [4.78, 5) is 4.32. The Balaban J connectivity index is 0.00000306. The van der Waals surface area contributed by atoms with Gasteiger partial charge in [0.2, 0.25) is 0 Å². The first-order valence-electron chi connectivity index (χ1n) is 11.0. The molecule has 33 heavy (non-hydrogen) atoms. The summed E-state index contributed by atoms with van der Waals surface area (Å²) in [6, 6.07) is 17.8. The highest BCUT2D eigenvalue weighted by molar-refractivity contribution is 14.0. The van der Waals surface area contributed by atoms with Crippen molar-refractivity contribution in [3.05, 3.63) is 65.9 Å². The number of halogens is 1. The molecule has 8 heteroatoms. The first-order chi connectivity index (χ1) is 15.8. The first-order valence-corrected chi connectivity index (χ1v) is 11.0. The van der Waals surface area contributed by atoms with Crippen LogP contribution in [0.2, 0.25) is 0 Å². The quantitative estimate of drug-likeness (QED) is 0.225. The Kier molecular flexibility index (Phi) is 9.41. The number of para-hydroxylation sites is 1. The van der Waals surface area contributed by atoms with Crippen molar-refractivity contribution in [3.8, 4) is 22.8 Å². The van der Waals surface area contributed by atoms with E-state index in [2.05, 4.69) is 26.8 Å². The van der Waals surface area contributed by atoms with Crippen LogP contribution in [0.3, 0.4) is 0 Å². The fraction of sp³-hybridized carbons (Fsp3) is 0.360. The number of rotatable bonds is 8. The monoisotopic (exact) mass is 562 g/mol. The van der Waals surface area contributed by atoms with E-state index < -0.39 is 0 Å². The normalized spacial score (nSPS) is 13.9. The van der Waals surface area contributed by atoms with E-state index in [9.17, 15) is 0 Å². The predicted molar refractivity (Wildman–Crippen MR) is 140 cm³/mol. The molecule has 2 N–H and O–H groups in total. The average Bonchev–Trinajstić information content (AvgIpc) is 3.53. The molecule has 1 aliphatic rings. The second-order valence-corrected chi connectivity index (χ2v) is 7.80. The minimum atomic E-state index is 0. The van der Waals surface area contributed by atoms with E-state index in [1.54, 1.807) is 14.2 Å². The van der Waals surface area contributed by atoms with Gasteiger partial charge >= 0.3 is 0 Å². The van der Waals surface area contributed by atoms with Gasteiger partial charge in [-0.15, -0.1) is 24.0 Å². The van der Waals surface area contributed by atoms with Crippen LogP contribution in [0.5, 0.6) is 11.5 Å². The molecule has 176 valence electrons. The van der Waals surface area contributed by atoms with Crippen molar-refractivity contribution in [2.75, 3.05) is 14.2 Å². The summed E-state index contributed by atoms with van der Waals surface area (Å²) in [5.41, 5.74) is 2.84. The molecule has 2 aromatic carbocycles. The van der Waals surface area contributed by atoms with Crippen LogP contribution in [0, 0.1) is 0 Å². The molecule has 1 fully saturated rings. The van der Waals surface area contributed by atoms with Crippen molar-refractivity contribution in [2.45, 2.75) is 44.9 Å². The molecular formula is C25H31IN4O3. The molecule has 4 rings (SSSR count). The number of nitrogens with one attached hydrogen (secondary N) is 2. The summed E-state index contributed by atoms with van der Waals surface area (Å²) in [5.74, 6) is 2.99. The maximum absolute atomic E-state index is 6.32. The van der Waals surface area contributed by atoms with Crippen molar-refractivity contribution < 1.29 is 14.0 Å². The maximum Gasteiger partial charge on any atom is 0.191 e. The number of methoxy groups -OCH3 is 1. The first kappa shape index (κ1) is 24.9. The number of nitrogens with zero attached hydrogens (tertiary/aromatic N) is 2. The van der Waals surface area contributed by atoms with Crippen LogP contribution >= 0.6 is 24.0 Å². The smallest absolute Gasteiger partial charge is 0.191 e. The zero-order chi connectivity index (χ0) is 22.2. The van der Waals surface area contributed by atoms with Gasteiger partial charge < -0.3 is 24.6 Å². The molecule has 0 spiro atoms. The van der Waals surface area contributed by atoms with Crippen LogP contribution in [-0.4, -0.2) is 31.4 Å². The van der Waals surface area contributed by atoms with Gasteiger partial charge in [0, 0.05) is 30.8 Å². The summed E-state index contributed by atoms with van der Waals surface area (Å²) < 4.78 is 17.3. The second-order valence-electron chi connectivity index (χ2n) is 7.80. The van der Waals surface area contributed by atoms with Crippen LogP contribution < -0.4 is 20.1 Å². The third kappa shape index (κ3) is 6.63. The number of guanidine groups is 1. The van der Waals surface area contributed by atoms with Gasteiger partial charge in [0.1, 0.15) is 5.69 Å². The molecule has 0 aliphatic heterocycles. The summed E-state index contributed by atoms with van der Waals surface area (Å²) in [6.45, 7) is 1.06. The molecule has 7 nitrogen and oxygen atoms in total. The predicted octanol–water partition coefficient (Wildman–Crippen LogP) is 5.15. The van der Waals surface area contributed by atoms with Crippen molar-refractivity contribution in [3.63, 3.8) is 0 Å². The van der Waals surface area contributed by atoms with E-state index >= 15 is 0 Å². The highest BCUT2D eigenvalue weighted by Crippen LogP contribution is 2.34. The van der Waals surface area contributed by atoms with Gasteiger partial charge in [-0.1, -0.05) is 47.6 Å². The molecule has 0 amide bonds. The van der Waals surface area contributed by atoms with Crippen molar-refractivity contribution in [1.82, 2.24) is 15.8 Å². The zero-order valence-corrected chi connectivity index (χ0v) is 21.4. The average molecular weight is 562 g/mol. The lowest BCUT2D eigenvalue weighted by Crippen LogP contribution is -2.36. The Hall–Kier alpha value is -2.75. The van der Waals surface area contributed by atoms with Crippen LogP contribution in [0.15, 0.2) is 64.1 Å². The molecule has 1 saturated carbocycles. The molecule has 0 radical (unpaired) electrons. The Bertz CT molecular complexity index is 1030. The van der Waals surface area contributed by atoms with Crippen molar-refractivity contribution in [1.29, 1.82) is 0 Å². The molecule has 0 saturated heterocycles. The summed E-state index contributed by atoms with van der Waals surface area (Å²) in [7, 11) is 3.42. The van der Waals surface area contributed by atoms with Crippen LogP contribution in [0.25, 0.3) is 11.3 Å². The number of aromatic nitrogens is 1. The van der Waals surface area contributed by atoms with Crippen molar-refractivity contribution in [2.24, 2.45) is 4.99 Å². The Labute approximate surface area is 212 Å². The van der Waals surface area contributed by atoms with Crippen molar-refractivity contribution >= 4 is 29.9 Å². The molecule has 3 aromatic rings. The Morgan fingerprint density at radius 1 is 1.06 bits per heavy atom. The largest absolute Gasteiger partial charge is 0.493 e. The fourth-order valence-electron chi connectivity index (χ4n) is 3.88. The van der Waals surface area contributed by atoms with Gasteiger partial charge in [-0.25, -0.2) is 0 Å². The lowest BCUT2D eigenvalue weighted by Gasteiger charge is -2.20. The molecule has 0 bridgehead atoms. The van der Waals surface area contributed by atoms with Gasteiger partial charge in [0.05, 0.1) is 19.8 Å². The molecule has 1 aromatic heterocycles. The third-order valence-corrected chi connectivity index (χ3v) is 5.59. The van der Waals surface area contributed by atoms with Gasteiger partial charge in [-0.2, -0.15) is 0 Å². The van der Waals surface area contributed by atoms with E-state index in [-0.39, 0.29) is 30.1 Å². The van der Waals surface area contributed by atoms with Crippen LogP contribution in [0.4, 0.5) is 0 Å². The third-order valence-electron chi connectivity index (χ3n) is 5.59. The molecular weight excluding hydrogens is 531 g/mol. The van der Waals surface area contributed by atoms with E-state index in [1.807, 2.05) is 48.5 Å². The van der Waals surface area contributed by atoms with Crippen LogP contribution in [0.1, 0.15) is 36.9 Å². The minimum Gasteiger partial charge on any atom is -0.493 e. The number of benzene rings is 2. The topological polar surface area (TPSA) is 80.9 Å². The fourth-order valence-corrected chi connectivity index (χ4v) is 3.88. The summed E-state index contributed by atoms with van der Waals surface area (Å²) >= 11 is 0. The van der Waals surface area contributed by atoms with E-state index in [0.29, 0.717) is 19.0 Å². The molecule has 0 atom stereocenters. The Morgan fingerprint density at radius 3 is 2.55 bits per heavy atom. The van der Waals surface area contributed by atoms with Gasteiger partial charge in [0.25, 0.3) is 0 Å². The summed E-state index contributed by atoms with van der Waals surface area (Å²) in [5, 5.41) is 10.8. The minimum absolute atomic E-state index is 0. The van der Waals surface area contributed by atoms with Gasteiger partial charge in [-0.3, -0.25) is 4.99 Å². The van der Waals surface area contributed by atoms with E-state index in [0.717, 1.165) is 46.9 Å². The number of hydrogen-bond donors (Lipinski definition) is 2. The van der Waals surface area contributed by atoms with E-state index in [4.69, 9.17) is 14.0 Å². The van der Waals surface area contributed by atoms with E-state index in [1.165, 1.54) is 12.8 Å². The van der Waals surface area contributed by atoms with Gasteiger partial charge in [0.15, 0.2) is 23.2 Å². The Morgan fingerprint density at radius 2 is 1.82 bits per heavy atom. The highest BCUT2D eigenvalue weighted by atomic mass is 127.